The molecule has 0 aromatic heterocycles. The van der Waals surface area contributed by atoms with E-state index in [4.69, 9.17) is 19.6 Å². The Hall–Kier alpha value is -2.64. The molecule has 0 saturated carbocycles. The van der Waals surface area contributed by atoms with Crippen molar-refractivity contribution in [3.63, 3.8) is 0 Å². The van der Waals surface area contributed by atoms with Crippen molar-refractivity contribution in [2.45, 2.75) is 43.4 Å². The largest absolute Gasteiger partial charge is 0.417 e. The Morgan fingerprint density at radius 2 is 2.17 bits per heavy atom. The number of nitriles is 1. The van der Waals surface area contributed by atoms with Crippen molar-refractivity contribution < 1.29 is 32.3 Å². The Balaban J connectivity index is 1.62. The highest BCUT2D eigenvalue weighted by molar-refractivity contribution is 6.08. The predicted molar refractivity (Wildman–Crippen MR) is 96.3 cm³/mol. The van der Waals surface area contributed by atoms with Gasteiger partial charge in [0.15, 0.2) is 0 Å². The minimum atomic E-state index is -4.72. The van der Waals surface area contributed by atoms with Crippen LogP contribution in [0.1, 0.15) is 30.9 Å². The lowest BCUT2D eigenvalue weighted by atomic mass is 9.65. The number of nitrogens with zero attached hydrogens (tertiary/aromatic N) is 3. The van der Waals surface area contributed by atoms with Crippen LogP contribution in [0.25, 0.3) is 0 Å². The molecule has 1 aromatic rings. The lowest BCUT2D eigenvalue weighted by Crippen LogP contribution is -2.52. The van der Waals surface area contributed by atoms with E-state index in [-0.39, 0.29) is 17.5 Å². The molecule has 5 atom stereocenters. The number of fused-ring (bicyclic) bond motifs is 2. The normalized spacial score (nSPS) is 38.1. The molecule has 158 valence electrons. The molecule has 4 fully saturated rings. The molecule has 30 heavy (non-hydrogen) atoms. The molecule has 1 aromatic carbocycles. The summed E-state index contributed by atoms with van der Waals surface area (Å²) in [7, 11) is 1.42. The maximum atomic E-state index is 13.5. The van der Waals surface area contributed by atoms with Crippen LogP contribution in [0, 0.1) is 23.2 Å². The fraction of sp³-hybridized carbons (Fsp3) is 0.550. The first-order valence-electron chi connectivity index (χ1n) is 9.53. The second-order valence-electron chi connectivity index (χ2n) is 8.23. The van der Waals surface area contributed by atoms with Crippen LogP contribution < -0.4 is 4.90 Å². The van der Waals surface area contributed by atoms with Crippen LogP contribution in [0.3, 0.4) is 0 Å². The summed E-state index contributed by atoms with van der Waals surface area (Å²) in [5.74, 6) is -1.35. The molecule has 4 aliphatic rings. The van der Waals surface area contributed by atoms with E-state index >= 15 is 0 Å². The third-order valence-electron chi connectivity index (χ3n) is 6.80. The predicted octanol–water partition coefficient (Wildman–Crippen LogP) is 2.84. The first-order valence-corrected chi connectivity index (χ1v) is 9.53. The molecule has 4 aliphatic heterocycles. The van der Waals surface area contributed by atoms with Gasteiger partial charge in [-0.25, -0.2) is 0 Å². The molecule has 2 bridgehead atoms. The van der Waals surface area contributed by atoms with E-state index in [1.165, 1.54) is 18.1 Å². The number of carbonyl (C=O) groups excluding carboxylic acids is 1. The van der Waals surface area contributed by atoms with E-state index in [0.29, 0.717) is 25.2 Å². The number of halogens is 3. The molecule has 4 heterocycles. The van der Waals surface area contributed by atoms with Crippen LogP contribution in [-0.2, 0) is 25.3 Å². The van der Waals surface area contributed by atoms with Gasteiger partial charge in [0.2, 0.25) is 5.91 Å². The SMILES string of the molecule is CO/N=C1\C[C@@]23CCO[C@H]4[C@@H]2[C@H](C(=O)N4c2ccc(C#N)c(C(F)(F)F)c2)[C@]1(C)O3. The first kappa shape index (κ1) is 19.3. The van der Waals surface area contributed by atoms with Crippen LogP contribution >= 0.6 is 0 Å². The van der Waals surface area contributed by atoms with Gasteiger partial charge in [-0.1, -0.05) is 5.16 Å². The summed E-state index contributed by atoms with van der Waals surface area (Å²) in [6.45, 7) is 2.08. The third kappa shape index (κ3) is 2.27. The van der Waals surface area contributed by atoms with Crippen LogP contribution in [0.4, 0.5) is 18.9 Å². The number of hydrogen-bond acceptors (Lipinski definition) is 6. The third-order valence-corrected chi connectivity index (χ3v) is 6.80. The zero-order valence-corrected chi connectivity index (χ0v) is 16.2. The smallest absolute Gasteiger partial charge is 0.399 e. The number of hydrogen-bond donors (Lipinski definition) is 0. The van der Waals surface area contributed by atoms with Gasteiger partial charge in [-0.2, -0.15) is 18.4 Å². The summed E-state index contributed by atoms with van der Waals surface area (Å²) >= 11 is 0. The van der Waals surface area contributed by atoms with Gasteiger partial charge in [0.25, 0.3) is 0 Å². The fourth-order valence-corrected chi connectivity index (χ4v) is 5.66. The van der Waals surface area contributed by atoms with Gasteiger partial charge >= 0.3 is 6.18 Å². The van der Waals surface area contributed by atoms with Crippen molar-refractivity contribution in [1.82, 2.24) is 0 Å². The summed E-state index contributed by atoms with van der Waals surface area (Å²) in [6, 6.07) is 4.84. The number of benzene rings is 1. The fourth-order valence-electron chi connectivity index (χ4n) is 5.66. The summed E-state index contributed by atoms with van der Waals surface area (Å²) < 4.78 is 52.7. The number of amides is 1. The topological polar surface area (TPSA) is 84.2 Å². The number of oxime groups is 1. The van der Waals surface area contributed by atoms with Crippen molar-refractivity contribution in [2.75, 3.05) is 18.6 Å². The van der Waals surface area contributed by atoms with Gasteiger partial charge in [0.05, 0.1) is 41.0 Å². The van der Waals surface area contributed by atoms with Gasteiger partial charge in [-0.3, -0.25) is 9.69 Å². The summed E-state index contributed by atoms with van der Waals surface area (Å²) in [5.41, 5.74) is -2.57. The second-order valence-corrected chi connectivity index (χ2v) is 8.23. The molecular formula is C20H18F3N3O4. The van der Waals surface area contributed by atoms with E-state index < -0.39 is 40.7 Å². The monoisotopic (exact) mass is 421 g/mol. The quantitative estimate of drug-likeness (QED) is 0.686. The van der Waals surface area contributed by atoms with Crippen LogP contribution in [-0.4, -0.2) is 42.8 Å². The average molecular weight is 421 g/mol. The van der Waals surface area contributed by atoms with Crippen molar-refractivity contribution in [3.05, 3.63) is 29.3 Å². The highest BCUT2D eigenvalue weighted by Crippen LogP contribution is 2.64. The average Bonchev–Trinajstić information content (AvgIpc) is 3.25. The van der Waals surface area contributed by atoms with Crippen LogP contribution in [0.2, 0.25) is 0 Å². The molecule has 0 radical (unpaired) electrons. The molecule has 0 unspecified atom stereocenters. The number of anilines is 1. The maximum absolute atomic E-state index is 13.5. The Bertz CT molecular complexity index is 1020. The van der Waals surface area contributed by atoms with E-state index in [2.05, 4.69) is 5.16 Å². The molecule has 1 amide bonds. The second kappa shape index (κ2) is 5.95. The standard InChI is InChI=1S/C20H18F3N3O4/c1-18-13(25-28-2)8-19(30-18)5-6-29-17-15(19)14(18)16(27)26(17)11-4-3-10(9-24)12(7-11)20(21,22)23/h3-4,7,14-15,17H,5-6,8H2,1-2H3/b25-13+/t14-,15+,17+,18-,19+/m1/s1. The van der Waals surface area contributed by atoms with E-state index in [1.54, 1.807) is 13.0 Å². The van der Waals surface area contributed by atoms with Gasteiger partial charge in [-0.05, 0) is 25.1 Å². The maximum Gasteiger partial charge on any atom is 0.417 e. The van der Waals surface area contributed by atoms with Crippen LogP contribution in [0.15, 0.2) is 23.4 Å². The van der Waals surface area contributed by atoms with Gasteiger partial charge < -0.3 is 14.3 Å². The van der Waals surface area contributed by atoms with E-state index in [9.17, 15) is 18.0 Å². The zero-order valence-electron chi connectivity index (χ0n) is 16.2. The highest BCUT2D eigenvalue weighted by Gasteiger charge is 2.77. The number of rotatable bonds is 2. The molecule has 1 spiro atoms. The minimum absolute atomic E-state index is 0.0519. The van der Waals surface area contributed by atoms with Crippen molar-refractivity contribution in [3.8, 4) is 6.07 Å². The van der Waals surface area contributed by atoms with Crippen LogP contribution in [0.5, 0.6) is 0 Å². The molecule has 10 heteroatoms. The summed E-state index contributed by atoms with van der Waals surface area (Å²) in [4.78, 5) is 19.7. The lowest BCUT2D eigenvalue weighted by molar-refractivity contribution is -0.140. The number of alkyl halides is 3. The zero-order chi connectivity index (χ0) is 21.5. The Kier molecular flexibility index (Phi) is 3.84. The molecular weight excluding hydrogens is 403 g/mol. The first-order chi connectivity index (χ1) is 14.2. The van der Waals surface area contributed by atoms with Crippen molar-refractivity contribution in [2.24, 2.45) is 17.0 Å². The van der Waals surface area contributed by atoms with Gasteiger partial charge in [0.1, 0.15) is 18.9 Å². The number of ether oxygens (including phenoxy) is 2. The van der Waals surface area contributed by atoms with Crippen molar-refractivity contribution in [1.29, 1.82) is 5.26 Å². The number of carbonyl (C=O) groups is 1. The summed E-state index contributed by atoms with van der Waals surface area (Å²) in [5, 5.41) is 13.1. The minimum Gasteiger partial charge on any atom is -0.399 e. The molecule has 4 saturated heterocycles. The molecule has 0 N–H and O–H groups in total. The molecule has 5 rings (SSSR count). The molecule has 0 aliphatic carbocycles. The van der Waals surface area contributed by atoms with E-state index in [0.717, 1.165) is 12.1 Å². The van der Waals surface area contributed by atoms with E-state index in [1.807, 2.05) is 0 Å². The van der Waals surface area contributed by atoms with Crippen molar-refractivity contribution >= 4 is 17.3 Å². The lowest BCUT2D eigenvalue weighted by Gasteiger charge is -2.41. The van der Waals surface area contributed by atoms with Gasteiger partial charge in [-0.15, -0.1) is 0 Å². The Morgan fingerprint density at radius 1 is 1.40 bits per heavy atom. The molecule has 7 nitrogen and oxygen atoms in total. The summed E-state index contributed by atoms with van der Waals surface area (Å²) in [6.07, 6.45) is -4.41. The van der Waals surface area contributed by atoms with Gasteiger partial charge in [0, 0.05) is 24.4 Å². The highest BCUT2D eigenvalue weighted by atomic mass is 19.4. The Labute approximate surface area is 170 Å². The Morgan fingerprint density at radius 3 is 2.83 bits per heavy atom.